The normalized spacial score (nSPS) is 11.0. The number of guanidine groups is 1. The lowest BCUT2D eigenvalue weighted by Crippen LogP contribution is -2.31. The van der Waals surface area contributed by atoms with Gasteiger partial charge in [0.1, 0.15) is 11.6 Å². The smallest absolute Gasteiger partial charge is 0.232 e. The fraction of sp³-hybridized carbons (Fsp3) is 0.368. The zero-order chi connectivity index (χ0) is 19.5. The molecule has 0 atom stereocenters. The lowest BCUT2D eigenvalue weighted by atomic mass is 10.2. The van der Waals surface area contributed by atoms with E-state index in [9.17, 15) is 0 Å². The molecule has 0 fully saturated rings. The van der Waals surface area contributed by atoms with Crippen LogP contribution < -0.4 is 24.8 Å². The van der Waals surface area contributed by atoms with Gasteiger partial charge in [-0.25, -0.2) is 9.98 Å². The molecule has 1 heterocycles. The fourth-order valence-corrected chi connectivity index (χ4v) is 2.42. The molecule has 0 spiro atoms. The van der Waals surface area contributed by atoms with E-state index in [4.69, 9.17) is 25.8 Å². The standard InChI is InChI=1S/C19H25ClN4O3/c1-4-21-19(23-11-12-27-18-15(20)7-6-10-22-18)24-14-8-9-16(26-5-2)17(13-14)25-3/h6-10,13H,4-5,11-12H2,1-3H3,(H2,21,23,24). The molecule has 27 heavy (non-hydrogen) atoms. The van der Waals surface area contributed by atoms with Crippen molar-refractivity contribution in [3.05, 3.63) is 41.6 Å². The quantitative estimate of drug-likeness (QED) is 0.385. The summed E-state index contributed by atoms with van der Waals surface area (Å²) in [5, 5.41) is 6.91. The maximum atomic E-state index is 6.02. The number of aromatic nitrogens is 1. The molecule has 8 heteroatoms. The number of anilines is 1. The Bertz CT molecular complexity index is 755. The van der Waals surface area contributed by atoms with Gasteiger partial charge < -0.3 is 24.8 Å². The topological polar surface area (TPSA) is 77.0 Å². The number of hydrogen-bond acceptors (Lipinski definition) is 5. The summed E-state index contributed by atoms with van der Waals surface area (Å²) in [5.41, 5.74) is 0.837. The number of nitrogens with one attached hydrogen (secondary N) is 2. The van der Waals surface area contributed by atoms with Gasteiger partial charge in [-0.2, -0.15) is 0 Å². The van der Waals surface area contributed by atoms with Crippen molar-refractivity contribution < 1.29 is 14.2 Å². The third kappa shape index (κ3) is 6.53. The second-order valence-corrected chi connectivity index (χ2v) is 5.73. The van der Waals surface area contributed by atoms with Gasteiger partial charge in [0.2, 0.25) is 5.88 Å². The van der Waals surface area contributed by atoms with Crippen molar-refractivity contribution in [3.63, 3.8) is 0 Å². The van der Waals surface area contributed by atoms with Gasteiger partial charge in [-0.15, -0.1) is 0 Å². The van der Waals surface area contributed by atoms with Crippen LogP contribution in [0.4, 0.5) is 5.69 Å². The third-order valence-electron chi connectivity index (χ3n) is 3.40. The van der Waals surface area contributed by atoms with E-state index in [1.807, 2.05) is 32.0 Å². The minimum atomic E-state index is 0.361. The Morgan fingerprint density at radius 1 is 1.19 bits per heavy atom. The minimum absolute atomic E-state index is 0.361. The van der Waals surface area contributed by atoms with Crippen LogP contribution in [0.3, 0.4) is 0 Å². The van der Waals surface area contributed by atoms with Gasteiger partial charge in [0.05, 0.1) is 20.3 Å². The number of aliphatic imine (C=N–C) groups is 1. The van der Waals surface area contributed by atoms with Crippen LogP contribution >= 0.6 is 11.6 Å². The number of methoxy groups -OCH3 is 1. The number of nitrogens with zero attached hydrogens (tertiary/aromatic N) is 2. The van der Waals surface area contributed by atoms with Gasteiger partial charge in [-0.1, -0.05) is 11.6 Å². The molecule has 1 aromatic carbocycles. The van der Waals surface area contributed by atoms with Crippen LogP contribution in [0.15, 0.2) is 41.5 Å². The molecule has 0 aliphatic rings. The third-order valence-corrected chi connectivity index (χ3v) is 3.68. The molecule has 2 aromatic rings. The van der Waals surface area contributed by atoms with E-state index in [1.165, 1.54) is 0 Å². The Morgan fingerprint density at radius 2 is 2.04 bits per heavy atom. The molecule has 1 aromatic heterocycles. The van der Waals surface area contributed by atoms with Gasteiger partial charge in [-0.3, -0.25) is 0 Å². The Labute approximate surface area is 164 Å². The van der Waals surface area contributed by atoms with Crippen molar-refractivity contribution in [2.45, 2.75) is 13.8 Å². The maximum absolute atomic E-state index is 6.02. The highest BCUT2D eigenvalue weighted by atomic mass is 35.5. The summed E-state index contributed by atoms with van der Waals surface area (Å²) in [6.45, 7) is 6.04. The molecule has 0 saturated heterocycles. The number of hydrogen-bond donors (Lipinski definition) is 2. The van der Waals surface area contributed by atoms with Crippen molar-refractivity contribution in [3.8, 4) is 17.4 Å². The molecule has 0 aliphatic carbocycles. The van der Waals surface area contributed by atoms with E-state index < -0.39 is 0 Å². The lowest BCUT2D eigenvalue weighted by molar-refractivity contribution is 0.311. The highest BCUT2D eigenvalue weighted by Crippen LogP contribution is 2.30. The second-order valence-electron chi connectivity index (χ2n) is 5.32. The average molecular weight is 393 g/mol. The molecule has 0 unspecified atom stereocenters. The predicted molar refractivity (Wildman–Crippen MR) is 109 cm³/mol. The Balaban J connectivity index is 1.97. The second kappa shape index (κ2) is 11.1. The number of halogens is 1. The van der Waals surface area contributed by atoms with Crippen LogP contribution in [0.2, 0.25) is 5.02 Å². The summed E-state index contributed by atoms with van der Waals surface area (Å²) in [6.07, 6.45) is 1.63. The summed E-state index contributed by atoms with van der Waals surface area (Å²) in [7, 11) is 1.61. The molecular formula is C19H25ClN4O3. The monoisotopic (exact) mass is 392 g/mol. The highest BCUT2D eigenvalue weighted by molar-refractivity contribution is 6.31. The molecule has 0 amide bonds. The summed E-state index contributed by atoms with van der Waals surface area (Å²) in [6, 6.07) is 9.12. The number of pyridine rings is 1. The Morgan fingerprint density at radius 3 is 2.74 bits per heavy atom. The molecule has 7 nitrogen and oxygen atoms in total. The molecule has 2 N–H and O–H groups in total. The molecule has 0 radical (unpaired) electrons. The van der Waals surface area contributed by atoms with E-state index >= 15 is 0 Å². The first-order chi connectivity index (χ1) is 13.2. The van der Waals surface area contributed by atoms with Gasteiger partial charge in [0.25, 0.3) is 0 Å². The minimum Gasteiger partial charge on any atom is -0.493 e. The first kappa shape index (κ1) is 20.6. The fourth-order valence-electron chi connectivity index (χ4n) is 2.24. The summed E-state index contributed by atoms with van der Waals surface area (Å²) in [5.74, 6) is 2.40. The van der Waals surface area contributed by atoms with Crippen molar-refractivity contribution in [2.75, 3.05) is 38.7 Å². The van der Waals surface area contributed by atoms with Gasteiger partial charge >= 0.3 is 0 Å². The van der Waals surface area contributed by atoms with E-state index in [2.05, 4.69) is 20.6 Å². The molecule has 2 rings (SSSR count). The highest BCUT2D eigenvalue weighted by Gasteiger charge is 2.07. The number of ether oxygens (including phenoxy) is 3. The van der Waals surface area contributed by atoms with Crippen LogP contribution in [-0.2, 0) is 0 Å². The molecule has 0 saturated carbocycles. The number of benzene rings is 1. The number of rotatable bonds is 9. The molecule has 0 bridgehead atoms. The van der Waals surface area contributed by atoms with Crippen LogP contribution in [0.25, 0.3) is 0 Å². The zero-order valence-electron chi connectivity index (χ0n) is 15.8. The first-order valence-electron chi connectivity index (χ1n) is 8.77. The Hall–Kier alpha value is -2.67. The summed E-state index contributed by atoms with van der Waals surface area (Å²) >= 11 is 6.02. The predicted octanol–water partition coefficient (Wildman–Crippen LogP) is 3.60. The molecular weight excluding hydrogens is 368 g/mol. The van der Waals surface area contributed by atoms with Gasteiger partial charge in [-0.05, 0) is 38.1 Å². The van der Waals surface area contributed by atoms with Crippen molar-refractivity contribution in [1.82, 2.24) is 10.3 Å². The van der Waals surface area contributed by atoms with Crippen molar-refractivity contribution >= 4 is 23.2 Å². The molecule has 146 valence electrons. The van der Waals surface area contributed by atoms with Crippen LogP contribution in [0.5, 0.6) is 17.4 Å². The van der Waals surface area contributed by atoms with E-state index in [0.717, 1.165) is 12.2 Å². The molecule has 0 aliphatic heterocycles. The summed E-state index contributed by atoms with van der Waals surface area (Å²) in [4.78, 5) is 8.58. The Kier molecular flexibility index (Phi) is 8.51. The summed E-state index contributed by atoms with van der Waals surface area (Å²) < 4.78 is 16.5. The van der Waals surface area contributed by atoms with Crippen molar-refractivity contribution in [2.24, 2.45) is 4.99 Å². The van der Waals surface area contributed by atoms with E-state index in [-0.39, 0.29) is 0 Å². The SMILES string of the molecule is CCNC(=NCCOc1ncccc1Cl)Nc1ccc(OCC)c(OC)c1. The van der Waals surface area contributed by atoms with Crippen LogP contribution in [0, 0.1) is 0 Å². The maximum Gasteiger partial charge on any atom is 0.232 e. The zero-order valence-corrected chi connectivity index (χ0v) is 16.5. The van der Waals surface area contributed by atoms with Gasteiger partial charge in [0, 0.05) is 24.5 Å². The van der Waals surface area contributed by atoms with E-state index in [0.29, 0.717) is 48.1 Å². The van der Waals surface area contributed by atoms with Crippen LogP contribution in [0.1, 0.15) is 13.8 Å². The van der Waals surface area contributed by atoms with E-state index in [1.54, 1.807) is 25.4 Å². The van der Waals surface area contributed by atoms with Gasteiger partial charge in [0.15, 0.2) is 17.5 Å². The first-order valence-corrected chi connectivity index (χ1v) is 9.15. The lowest BCUT2D eigenvalue weighted by Gasteiger charge is -2.14. The van der Waals surface area contributed by atoms with Crippen LogP contribution in [-0.4, -0.2) is 44.4 Å². The van der Waals surface area contributed by atoms with Crippen molar-refractivity contribution in [1.29, 1.82) is 0 Å². The average Bonchev–Trinajstić information content (AvgIpc) is 2.68. The largest absolute Gasteiger partial charge is 0.493 e.